The van der Waals surface area contributed by atoms with Gasteiger partial charge >= 0.3 is 0 Å². The monoisotopic (exact) mass is 387 g/mol. The number of sulfone groups is 1. The van der Waals surface area contributed by atoms with Crippen LogP contribution in [0.5, 0.6) is 0 Å². The summed E-state index contributed by atoms with van der Waals surface area (Å²) < 4.78 is 22.9. The van der Waals surface area contributed by atoms with Gasteiger partial charge in [-0.3, -0.25) is 9.89 Å². The maximum Gasteiger partial charge on any atom is 0.191 e. The van der Waals surface area contributed by atoms with Crippen LogP contribution >= 0.6 is 11.3 Å². The highest BCUT2D eigenvalue weighted by Crippen LogP contribution is 2.13. The van der Waals surface area contributed by atoms with Gasteiger partial charge in [-0.05, 0) is 13.3 Å². The molecule has 0 spiro atoms. The first kappa shape index (κ1) is 20.1. The topological polar surface area (TPSA) is 86.7 Å². The van der Waals surface area contributed by atoms with Gasteiger partial charge in [-0.25, -0.2) is 13.4 Å². The Morgan fingerprint density at radius 1 is 1.32 bits per heavy atom. The maximum absolute atomic E-state index is 11.4. The van der Waals surface area contributed by atoms with Gasteiger partial charge in [-0.1, -0.05) is 6.92 Å². The summed E-state index contributed by atoms with van der Waals surface area (Å²) in [7, 11) is -2.81. The molecule has 0 amide bonds. The lowest BCUT2D eigenvalue weighted by molar-refractivity contribution is 0.304. The van der Waals surface area contributed by atoms with Crippen molar-refractivity contribution in [2.24, 2.45) is 4.99 Å². The van der Waals surface area contributed by atoms with Gasteiger partial charge in [-0.2, -0.15) is 0 Å². The first-order valence-corrected chi connectivity index (χ1v) is 11.5. The van der Waals surface area contributed by atoms with E-state index in [-0.39, 0.29) is 11.5 Å². The van der Waals surface area contributed by atoms with Crippen molar-refractivity contribution in [3.8, 4) is 0 Å². The van der Waals surface area contributed by atoms with Gasteiger partial charge in [0.1, 0.15) is 0 Å². The summed E-state index contributed by atoms with van der Waals surface area (Å²) in [5, 5.41) is 7.73. The van der Waals surface area contributed by atoms with E-state index in [1.807, 2.05) is 13.1 Å². The molecule has 1 fully saturated rings. The fraction of sp³-hybridized carbons (Fsp3) is 0.750. The van der Waals surface area contributed by atoms with Crippen LogP contribution in [0.25, 0.3) is 0 Å². The van der Waals surface area contributed by atoms with Crippen LogP contribution < -0.4 is 10.6 Å². The van der Waals surface area contributed by atoms with E-state index in [1.165, 1.54) is 4.88 Å². The molecule has 1 aliphatic rings. The van der Waals surface area contributed by atoms with Crippen LogP contribution in [0.15, 0.2) is 11.2 Å². The van der Waals surface area contributed by atoms with Crippen LogP contribution in [0.3, 0.4) is 0 Å². The Hall–Kier alpha value is -1.19. The van der Waals surface area contributed by atoms with Gasteiger partial charge in [-0.15, -0.1) is 11.3 Å². The van der Waals surface area contributed by atoms with Gasteiger partial charge in [0.05, 0.1) is 23.1 Å². The molecule has 2 rings (SSSR count). The minimum absolute atomic E-state index is 0.266. The van der Waals surface area contributed by atoms with Crippen molar-refractivity contribution in [1.29, 1.82) is 0 Å². The summed E-state index contributed by atoms with van der Waals surface area (Å²) in [6, 6.07) is 0. The number of aryl methyl sites for hydroxylation is 1. The van der Waals surface area contributed by atoms with Crippen molar-refractivity contribution >= 4 is 27.1 Å². The predicted molar refractivity (Wildman–Crippen MR) is 104 cm³/mol. The van der Waals surface area contributed by atoms with Crippen LogP contribution in [-0.2, 0) is 22.7 Å². The van der Waals surface area contributed by atoms with Gasteiger partial charge in [0.25, 0.3) is 0 Å². The molecule has 2 heterocycles. The van der Waals surface area contributed by atoms with E-state index >= 15 is 0 Å². The number of hydrogen-bond acceptors (Lipinski definition) is 6. The molecule has 142 valence electrons. The molecule has 7 nitrogen and oxygen atoms in total. The first-order valence-electron chi connectivity index (χ1n) is 8.91. The van der Waals surface area contributed by atoms with Gasteiger partial charge in [0, 0.05) is 50.2 Å². The van der Waals surface area contributed by atoms with Crippen molar-refractivity contribution < 1.29 is 8.42 Å². The number of nitrogens with zero attached hydrogens (tertiary/aromatic N) is 3. The zero-order valence-electron chi connectivity index (χ0n) is 15.1. The molecule has 1 aliphatic heterocycles. The Balaban J connectivity index is 1.72. The standard InChI is InChI=1S/C16H29N5O2S2/c1-3-14-13-20-15(24-14)5-6-18-16(17-4-2)19-7-8-21-9-11-25(22,23)12-10-21/h13H,3-12H2,1-2H3,(H2,17,18,19). The molecule has 0 aliphatic carbocycles. The summed E-state index contributed by atoms with van der Waals surface area (Å²) in [5.41, 5.74) is 0. The predicted octanol–water partition coefficient (Wildman–Crippen LogP) is 0.534. The highest BCUT2D eigenvalue weighted by atomic mass is 32.2. The average Bonchev–Trinajstić information content (AvgIpc) is 3.04. The zero-order chi connectivity index (χ0) is 18.1. The van der Waals surface area contributed by atoms with Crippen molar-refractivity contribution in [3.05, 3.63) is 16.1 Å². The summed E-state index contributed by atoms with van der Waals surface area (Å²) >= 11 is 1.77. The lowest BCUT2D eigenvalue weighted by atomic mass is 10.4. The molecule has 9 heteroatoms. The van der Waals surface area contributed by atoms with Crippen LogP contribution in [0, 0.1) is 0 Å². The van der Waals surface area contributed by atoms with Crippen LogP contribution in [0.1, 0.15) is 23.7 Å². The lowest BCUT2D eigenvalue weighted by Crippen LogP contribution is -2.42. The molecule has 0 aromatic carbocycles. The minimum atomic E-state index is -2.81. The summed E-state index contributed by atoms with van der Waals surface area (Å²) in [6.45, 7) is 8.47. The van der Waals surface area contributed by atoms with E-state index in [9.17, 15) is 8.42 Å². The van der Waals surface area contributed by atoms with E-state index < -0.39 is 9.84 Å². The third-order valence-electron chi connectivity index (χ3n) is 4.05. The fourth-order valence-corrected chi connectivity index (χ4v) is 4.67. The molecular formula is C16H29N5O2S2. The fourth-order valence-electron chi connectivity index (χ4n) is 2.53. The highest BCUT2D eigenvalue weighted by Gasteiger charge is 2.20. The second-order valence-corrected chi connectivity index (χ2v) is 9.51. The molecule has 2 N–H and O–H groups in total. The van der Waals surface area contributed by atoms with Crippen LogP contribution in [-0.4, -0.2) is 75.0 Å². The van der Waals surface area contributed by atoms with E-state index in [2.05, 4.69) is 32.4 Å². The first-order chi connectivity index (χ1) is 12.0. The molecule has 1 aromatic rings. The molecule has 1 saturated heterocycles. The van der Waals surface area contributed by atoms with Crippen LogP contribution in [0.2, 0.25) is 0 Å². The van der Waals surface area contributed by atoms with E-state index in [0.29, 0.717) is 19.6 Å². The minimum Gasteiger partial charge on any atom is -0.357 e. The van der Waals surface area contributed by atoms with Crippen molar-refractivity contribution in [2.45, 2.75) is 26.7 Å². The Labute approximate surface area is 154 Å². The molecule has 0 radical (unpaired) electrons. The lowest BCUT2D eigenvalue weighted by Gasteiger charge is -2.25. The highest BCUT2D eigenvalue weighted by molar-refractivity contribution is 7.91. The molecule has 0 bridgehead atoms. The second kappa shape index (κ2) is 10.1. The summed E-state index contributed by atoms with van der Waals surface area (Å²) in [5.74, 6) is 1.34. The molecule has 1 aromatic heterocycles. The maximum atomic E-state index is 11.4. The van der Waals surface area contributed by atoms with Gasteiger partial charge in [0.2, 0.25) is 0 Å². The average molecular weight is 388 g/mol. The number of rotatable bonds is 8. The molecular weight excluding hydrogens is 358 g/mol. The van der Waals surface area contributed by atoms with E-state index in [4.69, 9.17) is 0 Å². The van der Waals surface area contributed by atoms with Crippen molar-refractivity contribution in [3.63, 3.8) is 0 Å². The Morgan fingerprint density at radius 2 is 2.08 bits per heavy atom. The SMILES string of the molecule is CCNC(=NCCN1CCS(=O)(=O)CC1)NCCc1ncc(CC)s1. The zero-order valence-corrected chi connectivity index (χ0v) is 16.8. The molecule has 0 atom stereocenters. The third-order valence-corrected chi connectivity index (χ3v) is 6.86. The van der Waals surface area contributed by atoms with E-state index in [1.54, 1.807) is 11.3 Å². The van der Waals surface area contributed by atoms with Crippen molar-refractivity contribution in [1.82, 2.24) is 20.5 Å². The molecule has 25 heavy (non-hydrogen) atoms. The van der Waals surface area contributed by atoms with Crippen LogP contribution in [0.4, 0.5) is 0 Å². The van der Waals surface area contributed by atoms with Gasteiger partial charge in [0.15, 0.2) is 15.8 Å². The number of guanidine groups is 1. The summed E-state index contributed by atoms with van der Waals surface area (Å²) in [4.78, 5) is 12.5. The number of aliphatic imine (C=N–C) groups is 1. The third kappa shape index (κ3) is 7.29. The Kier molecular flexibility index (Phi) is 8.11. The number of thiazole rings is 1. The number of aromatic nitrogens is 1. The quantitative estimate of drug-likeness (QED) is 0.500. The Bertz CT molecular complexity index is 643. The van der Waals surface area contributed by atoms with E-state index in [0.717, 1.165) is 43.4 Å². The largest absolute Gasteiger partial charge is 0.357 e. The molecule has 0 unspecified atom stereocenters. The van der Waals surface area contributed by atoms with Crippen molar-refractivity contribution in [2.75, 3.05) is 50.8 Å². The Morgan fingerprint density at radius 3 is 2.72 bits per heavy atom. The van der Waals surface area contributed by atoms with Gasteiger partial charge < -0.3 is 10.6 Å². The summed E-state index contributed by atoms with van der Waals surface area (Å²) in [6.07, 6.45) is 3.88. The number of nitrogens with one attached hydrogen (secondary N) is 2. The number of hydrogen-bond donors (Lipinski definition) is 2. The second-order valence-electron chi connectivity index (χ2n) is 6.00. The molecule has 0 saturated carbocycles. The normalized spacial score (nSPS) is 18.2. The smallest absolute Gasteiger partial charge is 0.191 e.